The summed E-state index contributed by atoms with van der Waals surface area (Å²) in [5.41, 5.74) is 5.23. The molecule has 14 heavy (non-hydrogen) atoms. The number of nitrogens with two attached hydrogens (primary N) is 1. The third-order valence-corrected chi connectivity index (χ3v) is 1.30. The van der Waals surface area contributed by atoms with Gasteiger partial charge in [-0.05, 0) is 6.92 Å². The number of nitrogens with zero attached hydrogens (tertiary/aromatic N) is 1. The average molecular weight is 195 g/mol. The first-order chi connectivity index (χ1) is 6.67. The summed E-state index contributed by atoms with van der Waals surface area (Å²) < 4.78 is 4.63. The molecule has 76 valence electrons. The first-order valence-electron chi connectivity index (χ1n) is 4.09. The van der Waals surface area contributed by atoms with E-state index in [0.29, 0.717) is 6.54 Å². The van der Waals surface area contributed by atoms with Crippen molar-refractivity contribution in [2.75, 3.05) is 13.2 Å². The number of nitrogens with one attached hydrogen (secondary N) is 1. The summed E-state index contributed by atoms with van der Waals surface area (Å²) in [7, 11) is 0. The Hall–Kier alpha value is -1.96. The highest BCUT2D eigenvalue weighted by molar-refractivity contribution is 5.93. The predicted molar refractivity (Wildman–Crippen MR) is 51.7 cm³/mol. The molecule has 0 spiro atoms. The largest absolute Gasteiger partial charge is 0.462 e. The fourth-order valence-electron chi connectivity index (χ4n) is 0.690. The van der Waals surface area contributed by atoms with Gasteiger partial charge in [0.15, 0.2) is 5.57 Å². The standard InChI is InChI=1S/C9H13N3O2/c1-3-5-12-8(11)7(6-10)9(13)14-4-2/h3,12H,1,4-5,11H2,2H3/b8-7-. The number of hydrogen-bond donors (Lipinski definition) is 2. The third kappa shape index (κ3) is 3.63. The molecule has 0 rings (SSSR count). The normalized spacial score (nSPS) is 10.9. The number of carbonyl (C=O) groups excluding carboxylic acids is 1. The predicted octanol–water partition coefficient (Wildman–Crippen LogP) is 0.0190. The van der Waals surface area contributed by atoms with E-state index in [4.69, 9.17) is 11.0 Å². The monoisotopic (exact) mass is 195 g/mol. The lowest BCUT2D eigenvalue weighted by molar-refractivity contribution is -0.138. The highest BCUT2D eigenvalue weighted by atomic mass is 16.5. The lowest BCUT2D eigenvalue weighted by atomic mass is 10.3. The maximum absolute atomic E-state index is 11.1. The van der Waals surface area contributed by atoms with Gasteiger partial charge >= 0.3 is 5.97 Å². The summed E-state index contributed by atoms with van der Waals surface area (Å²) in [6.07, 6.45) is 1.56. The number of esters is 1. The van der Waals surface area contributed by atoms with Crippen LogP contribution in [0.2, 0.25) is 0 Å². The molecule has 0 aromatic heterocycles. The quantitative estimate of drug-likeness (QED) is 0.279. The fourth-order valence-corrected chi connectivity index (χ4v) is 0.690. The second-order valence-electron chi connectivity index (χ2n) is 2.29. The van der Waals surface area contributed by atoms with Crippen LogP contribution in [0.5, 0.6) is 0 Å². The molecule has 0 radical (unpaired) electrons. The number of hydrogen-bond acceptors (Lipinski definition) is 5. The summed E-state index contributed by atoms with van der Waals surface area (Å²) in [5.74, 6) is -0.713. The number of ether oxygens (including phenoxy) is 1. The van der Waals surface area contributed by atoms with Crippen molar-refractivity contribution < 1.29 is 9.53 Å². The molecule has 5 heteroatoms. The van der Waals surface area contributed by atoms with Crippen LogP contribution >= 0.6 is 0 Å². The molecule has 0 aromatic rings. The molecule has 0 aliphatic rings. The highest BCUT2D eigenvalue weighted by Crippen LogP contribution is 1.98. The zero-order valence-corrected chi connectivity index (χ0v) is 8.04. The van der Waals surface area contributed by atoms with E-state index in [2.05, 4.69) is 16.6 Å². The van der Waals surface area contributed by atoms with E-state index in [0.717, 1.165) is 0 Å². The summed E-state index contributed by atoms with van der Waals surface area (Å²) in [5, 5.41) is 11.3. The maximum atomic E-state index is 11.1. The van der Waals surface area contributed by atoms with Crippen molar-refractivity contribution in [2.45, 2.75) is 6.92 Å². The van der Waals surface area contributed by atoms with Gasteiger partial charge in [-0.25, -0.2) is 4.79 Å². The van der Waals surface area contributed by atoms with Gasteiger partial charge in [-0.3, -0.25) is 0 Å². The fraction of sp³-hybridized carbons (Fsp3) is 0.333. The Labute approximate surface area is 82.8 Å². The van der Waals surface area contributed by atoms with Gasteiger partial charge in [-0.15, -0.1) is 6.58 Å². The minimum absolute atomic E-state index is 0.00542. The van der Waals surface area contributed by atoms with Crippen molar-refractivity contribution in [1.82, 2.24) is 5.32 Å². The third-order valence-electron chi connectivity index (χ3n) is 1.30. The molecule has 0 atom stereocenters. The number of carbonyl (C=O) groups is 1. The molecule has 3 N–H and O–H groups in total. The topological polar surface area (TPSA) is 88.1 Å². The molecule has 0 bridgehead atoms. The maximum Gasteiger partial charge on any atom is 0.352 e. The molecular weight excluding hydrogens is 182 g/mol. The van der Waals surface area contributed by atoms with Gasteiger partial charge in [0.1, 0.15) is 11.9 Å². The van der Waals surface area contributed by atoms with Crippen molar-refractivity contribution >= 4 is 5.97 Å². The Morgan fingerprint density at radius 1 is 1.79 bits per heavy atom. The van der Waals surface area contributed by atoms with Crippen molar-refractivity contribution in [3.8, 4) is 6.07 Å². The van der Waals surface area contributed by atoms with E-state index in [1.54, 1.807) is 19.1 Å². The Morgan fingerprint density at radius 3 is 2.86 bits per heavy atom. The summed E-state index contributed by atoms with van der Waals surface area (Å²) in [6.45, 7) is 5.70. The second-order valence-corrected chi connectivity index (χ2v) is 2.29. The van der Waals surface area contributed by atoms with Gasteiger partial charge in [-0.2, -0.15) is 5.26 Å². The average Bonchev–Trinajstić information content (AvgIpc) is 2.16. The number of rotatable bonds is 5. The highest BCUT2D eigenvalue weighted by Gasteiger charge is 2.13. The van der Waals surface area contributed by atoms with Gasteiger partial charge in [0.25, 0.3) is 0 Å². The van der Waals surface area contributed by atoms with E-state index >= 15 is 0 Å². The zero-order valence-electron chi connectivity index (χ0n) is 8.04. The van der Waals surface area contributed by atoms with Crippen LogP contribution in [0.4, 0.5) is 0 Å². The Morgan fingerprint density at radius 2 is 2.43 bits per heavy atom. The molecule has 0 amide bonds. The van der Waals surface area contributed by atoms with Crippen LogP contribution in [0.3, 0.4) is 0 Å². The summed E-state index contributed by atoms with van der Waals surface area (Å²) in [4.78, 5) is 11.1. The van der Waals surface area contributed by atoms with Crippen molar-refractivity contribution in [3.05, 3.63) is 24.0 Å². The first-order valence-corrected chi connectivity index (χ1v) is 4.09. The smallest absolute Gasteiger partial charge is 0.352 e. The van der Waals surface area contributed by atoms with Crippen LogP contribution in [0, 0.1) is 11.3 Å². The molecular formula is C9H13N3O2. The van der Waals surface area contributed by atoms with Gasteiger partial charge in [0, 0.05) is 6.54 Å². The van der Waals surface area contributed by atoms with Crippen LogP contribution in [-0.2, 0) is 9.53 Å². The van der Waals surface area contributed by atoms with Crippen LogP contribution in [-0.4, -0.2) is 19.1 Å². The van der Waals surface area contributed by atoms with Gasteiger partial charge in [-0.1, -0.05) is 6.08 Å². The SMILES string of the molecule is C=CCN/C(N)=C(/C#N)C(=O)OCC. The van der Waals surface area contributed by atoms with Gasteiger partial charge in [0.2, 0.25) is 0 Å². The van der Waals surface area contributed by atoms with Crippen LogP contribution in [0.25, 0.3) is 0 Å². The van der Waals surface area contributed by atoms with Crippen molar-refractivity contribution in [2.24, 2.45) is 5.73 Å². The molecule has 0 unspecified atom stereocenters. The van der Waals surface area contributed by atoms with Crippen LogP contribution in [0.15, 0.2) is 24.0 Å². The number of nitriles is 1. The summed E-state index contributed by atoms with van der Waals surface area (Å²) in [6, 6.07) is 1.68. The lowest BCUT2D eigenvalue weighted by Crippen LogP contribution is -2.25. The Kier molecular flexibility index (Phi) is 5.63. The van der Waals surface area contributed by atoms with Crippen molar-refractivity contribution in [1.29, 1.82) is 5.26 Å². The zero-order chi connectivity index (χ0) is 11.0. The first kappa shape index (κ1) is 12.0. The van der Waals surface area contributed by atoms with E-state index in [1.807, 2.05) is 0 Å². The van der Waals surface area contributed by atoms with E-state index in [1.165, 1.54) is 0 Å². The molecule has 0 aliphatic carbocycles. The van der Waals surface area contributed by atoms with E-state index in [-0.39, 0.29) is 18.0 Å². The van der Waals surface area contributed by atoms with Gasteiger partial charge in [0.05, 0.1) is 6.61 Å². The van der Waals surface area contributed by atoms with Crippen LogP contribution < -0.4 is 11.1 Å². The summed E-state index contributed by atoms with van der Waals surface area (Å²) >= 11 is 0. The van der Waals surface area contributed by atoms with Gasteiger partial charge < -0.3 is 15.8 Å². The Balaban J connectivity index is 4.58. The molecule has 0 aromatic carbocycles. The molecule has 0 heterocycles. The van der Waals surface area contributed by atoms with E-state index < -0.39 is 5.97 Å². The Bertz CT molecular complexity index is 289. The van der Waals surface area contributed by atoms with E-state index in [9.17, 15) is 4.79 Å². The van der Waals surface area contributed by atoms with Crippen LogP contribution in [0.1, 0.15) is 6.92 Å². The molecule has 0 aliphatic heterocycles. The molecule has 0 saturated heterocycles. The lowest BCUT2D eigenvalue weighted by Gasteiger charge is -2.05. The van der Waals surface area contributed by atoms with Crippen molar-refractivity contribution in [3.63, 3.8) is 0 Å². The molecule has 5 nitrogen and oxygen atoms in total. The molecule has 0 fully saturated rings. The minimum Gasteiger partial charge on any atom is -0.462 e. The molecule has 0 saturated carbocycles. The second kappa shape index (κ2) is 6.54. The minimum atomic E-state index is -0.718.